The van der Waals surface area contributed by atoms with Gasteiger partial charge in [-0.3, -0.25) is 9.69 Å². The van der Waals surface area contributed by atoms with Crippen molar-refractivity contribution in [1.29, 1.82) is 0 Å². The Bertz CT molecular complexity index is 745. The average Bonchev–Trinajstić information content (AvgIpc) is 3.21. The molecule has 1 aliphatic rings. The van der Waals surface area contributed by atoms with Gasteiger partial charge in [-0.1, -0.05) is 29.8 Å². The zero-order valence-corrected chi connectivity index (χ0v) is 16.2. The Morgan fingerprint density at radius 2 is 1.89 bits per heavy atom. The van der Waals surface area contributed by atoms with Crippen LogP contribution in [0.25, 0.3) is 0 Å². The van der Waals surface area contributed by atoms with Crippen molar-refractivity contribution >= 4 is 17.5 Å². The first-order valence-electron chi connectivity index (χ1n) is 9.19. The number of methoxy groups -OCH3 is 1. The van der Waals surface area contributed by atoms with Gasteiger partial charge in [-0.25, -0.2) is 0 Å². The minimum Gasteiger partial charge on any atom is -0.497 e. The minimum absolute atomic E-state index is 0.0321. The maximum Gasteiger partial charge on any atom is 0.258 e. The van der Waals surface area contributed by atoms with Gasteiger partial charge in [-0.15, -0.1) is 0 Å². The highest BCUT2D eigenvalue weighted by atomic mass is 35.5. The molecule has 0 aliphatic carbocycles. The molecule has 1 aliphatic heterocycles. The molecule has 5 nitrogen and oxygen atoms in total. The number of nitrogens with one attached hydrogen (secondary N) is 1. The number of nitrogens with zero attached hydrogens (tertiary/aromatic N) is 1. The molecule has 0 unspecified atom stereocenters. The van der Waals surface area contributed by atoms with Crippen LogP contribution in [0.1, 0.15) is 24.4 Å². The van der Waals surface area contributed by atoms with Crippen LogP contribution < -0.4 is 14.8 Å². The normalized spacial score (nSPS) is 15.3. The summed E-state index contributed by atoms with van der Waals surface area (Å²) in [5.74, 6) is 1.27. The van der Waals surface area contributed by atoms with E-state index in [9.17, 15) is 4.79 Å². The summed E-state index contributed by atoms with van der Waals surface area (Å²) >= 11 is 5.93. The molecule has 0 aromatic heterocycles. The lowest BCUT2D eigenvalue weighted by Crippen LogP contribution is -2.38. The molecule has 144 valence electrons. The summed E-state index contributed by atoms with van der Waals surface area (Å²) < 4.78 is 10.8. The Morgan fingerprint density at radius 3 is 2.56 bits per heavy atom. The van der Waals surface area contributed by atoms with E-state index in [0.29, 0.717) is 17.3 Å². The molecule has 0 spiro atoms. The average molecular weight is 389 g/mol. The molecule has 0 saturated carbocycles. The lowest BCUT2D eigenvalue weighted by molar-refractivity contribution is -0.123. The maximum atomic E-state index is 12.2. The van der Waals surface area contributed by atoms with Crippen molar-refractivity contribution in [3.63, 3.8) is 0 Å². The Kier molecular flexibility index (Phi) is 6.96. The van der Waals surface area contributed by atoms with Crippen molar-refractivity contribution in [2.45, 2.75) is 18.9 Å². The molecular weight excluding hydrogens is 364 g/mol. The quantitative estimate of drug-likeness (QED) is 0.749. The van der Waals surface area contributed by atoms with Gasteiger partial charge in [0, 0.05) is 11.6 Å². The van der Waals surface area contributed by atoms with Gasteiger partial charge in [0.05, 0.1) is 13.2 Å². The third-order valence-corrected chi connectivity index (χ3v) is 4.98. The number of halogens is 1. The zero-order valence-electron chi connectivity index (χ0n) is 15.5. The lowest BCUT2D eigenvalue weighted by atomic mass is 10.1. The van der Waals surface area contributed by atoms with Crippen LogP contribution in [-0.4, -0.2) is 44.2 Å². The molecule has 3 rings (SSSR count). The van der Waals surface area contributed by atoms with E-state index in [-0.39, 0.29) is 18.6 Å². The Morgan fingerprint density at radius 1 is 1.15 bits per heavy atom. The van der Waals surface area contributed by atoms with Gasteiger partial charge < -0.3 is 14.8 Å². The standard InChI is InChI=1S/C21H25ClN2O3/c1-26-18-9-7-16(8-10-18)20(24-11-2-3-12-24)14-23-21(25)15-27-19-6-4-5-17(22)13-19/h4-10,13,20H,2-3,11-12,14-15H2,1H3,(H,23,25)/t20-/m0/s1. The number of ether oxygens (including phenoxy) is 2. The summed E-state index contributed by atoms with van der Waals surface area (Å²) in [4.78, 5) is 14.7. The molecule has 0 radical (unpaired) electrons. The second kappa shape index (κ2) is 9.62. The number of hydrogen-bond donors (Lipinski definition) is 1. The Balaban J connectivity index is 1.57. The zero-order chi connectivity index (χ0) is 19.1. The third kappa shape index (κ3) is 5.62. The third-order valence-electron chi connectivity index (χ3n) is 4.74. The van der Waals surface area contributed by atoms with Gasteiger partial charge in [0.1, 0.15) is 11.5 Å². The fourth-order valence-corrected chi connectivity index (χ4v) is 3.48. The number of amides is 1. The van der Waals surface area contributed by atoms with Crippen molar-refractivity contribution < 1.29 is 14.3 Å². The Labute approximate surface area is 165 Å². The highest BCUT2D eigenvalue weighted by Crippen LogP contribution is 2.26. The second-order valence-electron chi connectivity index (χ2n) is 6.58. The van der Waals surface area contributed by atoms with Crippen LogP contribution in [0.5, 0.6) is 11.5 Å². The van der Waals surface area contributed by atoms with E-state index >= 15 is 0 Å². The minimum atomic E-state index is -0.146. The molecule has 0 bridgehead atoms. The summed E-state index contributed by atoms with van der Waals surface area (Å²) in [6, 6.07) is 15.2. The monoisotopic (exact) mass is 388 g/mol. The predicted molar refractivity (Wildman–Crippen MR) is 106 cm³/mol. The second-order valence-corrected chi connectivity index (χ2v) is 7.02. The van der Waals surface area contributed by atoms with E-state index < -0.39 is 0 Å². The van der Waals surface area contributed by atoms with Crippen LogP contribution in [0.3, 0.4) is 0 Å². The topological polar surface area (TPSA) is 50.8 Å². The highest BCUT2D eigenvalue weighted by molar-refractivity contribution is 6.30. The predicted octanol–water partition coefficient (Wildman–Crippen LogP) is 3.68. The maximum absolute atomic E-state index is 12.2. The van der Waals surface area contributed by atoms with Crippen molar-refractivity contribution in [2.75, 3.05) is 33.4 Å². The van der Waals surface area contributed by atoms with Gasteiger partial charge in [0.15, 0.2) is 6.61 Å². The molecule has 1 fully saturated rings. The number of rotatable bonds is 8. The number of hydrogen-bond acceptors (Lipinski definition) is 4. The molecule has 1 atom stereocenters. The van der Waals surface area contributed by atoms with E-state index in [2.05, 4.69) is 22.3 Å². The van der Waals surface area contributed by atoms with Crippen LogP contribution in [-0.2, 0) is 4.79 Å². The number of likely N-dealkylation sites (tertiary alicyclic amines) is 1. The van der Waals surface area contributed by atoms with Gasteiger partial charge in [0.2, 0.25) is 0 Å². The molecule has 2 aromatic carbocycles. The first-order chi connectivity index (χ1) is 13.2. The molecule has 1 amide bonds. The summed E-state index contributed by atoms with van der Waals surface area (Å²) in [6.45, 7) is 2.61. The van der Waals surface area contributed by atoms with Gasteiger partial charge in [0.25, 0.3) is 5.91 Å². The largest absolute Gasteiger partial charge is 0.497 e. The molecule has 6 heteroatoms. The fourth-order valence-electron chi connectivity index (χ4n) is 3.30. The van der Waals surface area contributed by atoms with Crippen LogP contribution in [0.2, 0.25) is 5.02 Å². The van der Waals surface area contributed by atoms with Crippen LogP contribution >= 0.6 is 11.6 Å². The van der Waals surface area contributed by atoms with Crippen molar-refractivity contribution in [3.8, 4) is 11.5 Å². The molecule has 1 heterocycles. The summed E-state index contributed by atoms with van der Waals surface area (Å²) in [5, 5.41) is 3.59. The fraction of sp³-hybridized carbons (Fsp3) is 0.381. The van der Waals surface area contributed by atoms with Crippen molar-refractivity contribution in [3.05, 3.63) is 59.1 Å². The van der Waals surface area contributed by atoms with E-state index in [1.165, 1.54) is 18.4 Å². The highest BCUT2D eigenvalue weighted by Gasteiger charge is 2.24. The van der Waals surface area contributed by atoms with Crippen molar-refractivity contribution in [2.24, 2.45) is 0 Å². The van der Waals surface area contributed by atoms with Gasteiger partial charge in [-0.05, 0) is 61.8 Å². The SMILES string of the molecule is COc1ccc([C@H](CNC(=O)COc2cccc(Cl)c2)N2CCCC2)cc1. The molecule has 27 heavy (non-hydrogen) atoms. The Hall–Kier alpha value is -2.24. The van der Waals surface area contributed by atoms with E-state index in [1.54, 1.807) is 31.4 Å². The van der Waals surface area contributed by atoms with Gasteiger partial charge in [-0.2, -0.15) is 0 Å². The number of carbonyl (C=O) groups excluding carboxylic acids is 1. The van der Waals surface area contributed by atoms with E-state index in [0.717, 1.165) is 18.8 Å². The summed E-state index contributed by atoms with van der Waals surface area (Å²) in [5.41, 5.74) is 1.17. The first-order valence-corrected chi connectivity index (χ1v) is 9.56. The van der Waals surface area contributed by atoms with Crippen LogP contribution in [0.4, 0.5) is 0 Å². The smallest absolute Gasteiger partial charge is 0.258 e. The van der Waals surface area contributed by atoms with Crippen LogP contribution in [0.15, 0.2) is 48.5 Å². The molecule has 1 N–H and O–H groups in total. The molecule has 1 saturated heterocycles. The summed E-state index contributed by atoms with van der Waals surface area (Å²) in [7, 11) is 1.66. The molecule has 2 aromatic rings. The van der Waals surface area contributed by atoms with E-state index in [4.69, 9.17) is 21.1 Å². The van der Waals surface area contributed by atoms with Gasteiger partial charge >= 0.3 is 0 Å². The van der Waals surface area contributed by atoms with Crippen LogP contribution in [0, 0.1) is 0 Å². The number of carbonyl (C=O) groups is 1. The summed E-state index contributed by atoms with van der Waals surface area (Å²) in [6.07, 6.45) is 2.39. The lowest BCUT2D eigenvalue weighted by Gasteiger charge is -2.28. The van der Waals surface area contributed by atoms with Crippen molar-refractivity contribution in [1.82, 2.24) is 10.2 Å². The number of benzene rings is 2. The first kappa shape index (κ1) is 19.5. The van der Waals surface area contributed by atoms with E-state index in [1.807, 2.05) is 12.1 Å². The molecular formula is C21H25ClN2O3.